The number of hydrogen-bond donors (Lipinski definition) is 2. The van der Waals surface area contributed by atoms with Crippen molar-refractivity contribution in [2.24, 2.45) is 0 Å². The second-order valence-electron chi connectivity index (χ2n) is 5.77. The highest BCUT2D eigenvalue weighted by atomic mass is 19.4. The molecule has 2 aliphatic heterocycles. The molecule has 0 aromatic carbocycles. The van der Waals surface area contributed by atoms with Crippen LogP contribution in [0.1, 0.15) is 12.8 Å². The van der Waals surface area contributed by atoms with Gasteiger partial charge < -0.3 is 19.7 Å². The molecule has 0 radical (unpaired) electrons. The van der Waals surface area contributed by atoms with Gasteiger partial charge in [-0.1, -0.05) is 0 Å². The second kappa shape index (κ2) is 4.88. The van der Waals surface area contributed by atoms with E-state index in [4.69, 9.17) is 0 Å². The number of aliphatic hydroxyl groups is 2. The summed E-state index contributed by atoms with van der Waals surface area (Å²) in [5, 5.41) is 18.3. The van der Waals surface area contributed by atoms with E-state index in [0.717, 1.165) is 0 Å². The van der Waals surface area contributed by atoms with Gasteiger partial charge in [-0.3, -0.25) is 0 Å². The van der Waals surface area contributed by atoms with Crippen molar-refractivity contribution < 1.29 is 72.4 Å². The van der Waals surface area contributed by atoms with E-state index in [-0.39, 0.29) is 0 Å². The Balaban J connectivity index is 2.80. The van der Waals surface area contributed by atoms with Crippen molar-refractivity contribution in [3.63, 3.8) is 0 Å². The minimum absolute atomic E-state index is 3.13. The third-order valence-electron chi connectivity index (χ3n) is 4.12. The molecule has 4 nitrogen and oxygen atoms in total. The molecular formula is C10H6F12O4. The molecule has 4 unspecified atom stereocenters. The van der Waals surface area contributed by atoms with Crippen molar-refractivity contribution in [3.05, 3.63) is 0 Å². The third-order valence-corrected chi connectivity index (χ3v) is 4.12. The molecule has 26 heavy (non-hydrogen) atoms. The SMILES string of the molecule is OC1(C(F)(F)F)CC2(C(F)(F)F)OC(O)(C(F)(F)F)CC2(C(F)(F)F)O1. The first kappa shape index (κ1) is 21.3. The Hall–Kier alpha value is -1.00. The third kappa shape index (κ3) is 2.41. The van der Waals surface area contributed by atoms with Gasteiger partial charge in [0.15, 0.2) is 0 Å². The lowest BCUT2D eigenvalue weighted by Gasteiger charge is -2.38. The average molecular weight is 418 g/mol. The molecule has 0 aliphatic carbocycles. The summed E-state index contributed by atoms with van der Waals surface area (Å²) in [7, 11) is 0. The Morgan fingerprint density at radius 3 is 0.885 bits per heavy atom. The molecule has 0 aromatic rings. The first-order valence-corrected chi connectivity index (χ1v) is 6.20. The van der Waals surface area contributed by atoms with Crippen LogP contribution >= 0.6 is 0 Å². The fraction of sp³-hybridized carbons (Fsp3) is 1.00. The van der Waals surface area contributed by atoms with E-state index in [9.17, 15) is 62.9 Å². The van der Waals surface area contributed by atoms with Crippen LogP contribution < -0.4 is 0 Å². The van der Waals surface area contributed by atoms with E-state index in [2.05, 4.69) is 9.47 Å². The zero-order valence-electron chi connectivity index (χ0n) is 11.7. The summed E-state index contributed by atoms with van der Waals surface area (Å²) >= 11 is 0. The van der Waals surface area contributed by atoms with Crippen molar-refractivity contribution in [2.45, 2.75) is 60.3 Å². The van der Waals surface area contributed by atoms with Crippen LogP contribution in [0.15, 0.2) is 0 Å². The highest BCUT2D eigenvalue weighted by Gasteiger charge is 2.94. The van der Waals surface area contributed by atoms with E-state index in [1.807, 2.05) is 0 Å². The van der Waals surface area contributed by atoms with E-state index in [0.29, 0.717) is 0 Å². The van der Waals surface area contributed by atoms with E-state index in [1.165, 1.54) is 0 Å². The molecule has 16 heteroatoms. The lowest BCUT2D eigenvalue weighted by Crippen LogP contribution is -2.64. The Kier molecular flexibility index (Phi) is 4.00. The summed E-state index contributed by atoms with van der Waals surface area (Å²) in [6.07, 6.45) is -31.9. The number of fused-ring (bicyclic) bond motifs is 1. The minimum Gasteiger partial charge on any atom is -0.358 e. The largest absolute Gasteiger partial charge is 0.443 e. The van der Waals surface area contributed by atoms with Gasteiger partial charge in [-0.25, -0.2) is 0 Å². The van der Waals surface area contributed by atoms with Crippen LogP contribution in [-0.4, -0.2) is 57.7 Å². The molecule has 0 amide bonds. The Morgan fingerprint density at radius 2 is 0.731 bits per heavy atom. The predicted molar refractivity (Wildman–Crippen MR) is 51.0 cm³/mol. The highest BCUT2D eigenvalue weighted by Crippen LogP contribution is 2.70. The van der Waals surface area contributed by atoms with Crippen LogP contribution in [0, 0.1) is 0 Å². The van der Waals surface area contributed by atoms with Gasteiger partial charge in [0.2, 0.25) is 11.2 Å². The molecule has 2 fully saturated rings. The van der Waals surface area contributed by atoms with Crippen molar-refractivity contribution in [1.82, 2.24) is 0 Å². The second-order valence-corrected chi connectivity index (χ2v) is 5.77. The summed E-state index contributed by atoms with van der Waals surface area (Å²) in [5.74, 6) is -10.3. The van der Waals surface area contributed by atoms with Crippen LogP contribution in [0.5, 0.6) is 0 Å². The minimum atomic E-state index is -6.56. The topological polar surface area (TPSA) is 58.9 Å². The number of alkyl halides is 12. The molecule has 154 valence electrons. The summed E-state index contributed by atoms with van der Waals surface area (Å²) < 4.78 is 163. The summed E-state index contributed by atoms with van der Waals surface area (Å²) in [4.78, 5) is 0. The maximum absolute atomic E-state index is 13.3. The first-order chi connectivity index (χ1) is 11.1. The van der Waals surface area contributed by atoms with Gasteiger partial charge in [-0.2, -0.15) is 52.7 Å². The van der Waals surface area contributed by atoms with Gasteiger partial charge >= 0.3 is 24.7 Å². The van der Waals surface area contributed by atoms with Gasteiger partial charge in [-0.15, -0.1) is 0 Å². The number of hydrogen-bond acceptors (Lipinski definition) is 4. The lowest BCUT2D eigenvalue weighted by atomic mass is 9.79. The van der Waals surface area contributed by atoms with Crippen molar-refractivity contribution in [3.8, 4) is 0 Å². The molecule has 2 rings (SSSR count). The molecule has 4 atom stereocenters. The van der Waals surface area contributed by atoms with Crippen LogP contribution in [0.2, 0.25) is 0 Å². The van der Waals surface area contributed by atoms with Gasteiger partial charge in [0.1, 0.15) is 0 Å². The molecule has 2 saturated heterocycles. The molecule has 2 aliphatic rings. The van der Waals surface area contributed by atoms with Crippen molar-refractivity contribution in [1.29, 1.82) is 0 Å². The monoisotopic (exact) mass is 418 g/mol. The molecule has 2 heterocycles. The van der Waals surface area contributed by atoms with Crippen LogP contribution in [0.3, 0.4) is 0 Å². The number of halogens is 12. The maximum Gasteiger partial charge on any atom is 0.443 e. The maximum atomic E-state index is 13.3. The Bertz CT molecular complexity index is 521. The average Bonchev–Trinajstić information content (AvgIpc) is 2.71. The zero-order chi connectivity index (χ0) is 20.8. The van der Waals surface area contributed by atoms with Gasteiger partial charge in [0.25, 0.3) is 11.6 Å². The van der Waals surface area contributed by atoms with Crippen LogP contribution in [-0.2, 0) is 9.47 Å². The Morgan fingerprint density at radius 1 is 0.500 bits per heavy atom. The van der Waals surface area contributed by atoms with E-state index < -0.39 is 60.3 Å². The quantitative estimate of drug-likeness (QED) is 0.595. The van der Waals surface area contributed by atoms with Crippen molar-refractivity contribution in [2.75, 3.05) is 0 Å². The van der Waals surface area contributed by atoms with Crippen molar-refractivity contribution >= 4 is 0 Å². The van der Waals surface area contributed by atoms with Crippen LogP contribution in [0.4, 0.5) is 52.7 Å². The van der Waals surface area contributed by atoms with Gasteiger partial charge in [0.05, 0.1) is 12.8 Å². The summed E-state index contributed by atoms with van der Waals surface area (Å²) in [5.41, 5.74) is -10.8. The van der Waals surface area contributed by atoms with Gasteiger partial charge in [0, 0.05) is 0 Å². The first-order valence-electron chi connectivity index (χ1n) is 6.20. The number of rotatable bonds is 0. The highest BCUT2D eigenvalue weighted by molar-refractivity contribution is 5.25. The number of ether oxygens (including phenoxy) is 2. The van der Waals surface area contributed by atoms with E-state index in [1.54, 1.807) is 0 Å². The molecule has 0 spiro atoms. The fourth-order valence-electron chi connectivity index (χ4n) is 2.94. The normalized spacial score (nSPS) is 42.2. The van der Waals surface area contributed by atoms with Crippen LogP contribution in [0.25, 0.3) is 0 Å². The molecule has 0 saturated carbocycles. The molecular weight excluding hydrogens is 412 g/mol. The Labute approximate surface area is 134 Å². The predicted octanol–water partition coefficient (Wildman–Crippen LogP) is 2.93. The fourth-order valence-corrected chi connectivity index (χ4v) is 2.94. The zero-order valence-corrected chi connectivity index (χ0v) is 11.7. The standard InChI is InChI=1S/C10H6F12O4/c11-7(12,13)3-1-5(23,9(17,18)19)26-4(3,8(14,15)16)2-6(24,25-3)10(20,21)22/h23-24H,1-2H2. The van der Waals surface area contributed by atoms with E-state index >= 15 is 0 Å². The smallest absolute Gasteiger partial charge is 0.358 e. The molecule has 0 bridgehead atoms. The molecule has 2 N–H and O–H groups in total. The summed E-state index contributed by atoms with van der Waals surface area (Å²) in [6, 6.07) is 0. The lowest BCUT2D eigenvalue weighted by molar-refractivity contribution is -0.407. The van der Waals surface area contributed by atoms with Gasteiger partial charge in [-0.05, 0) is 0 Å². The molecule has 0 aromatic heterocycles. The summed E-state index contributed by atoms with van der Waals surface area (Å²) in [6.45, 7) is 0.